The molecule has 2 aliphatic heterocycles. The Hall–Kier alpha value is -0.200. The molecule has 5 heteroatoms. The highest BCUT2D eigenvalue weighted by Crippen LogP contribution is 2.37. The maximum atomic E-state index is 9.77. The molecule has 0 saturated carbocycles. The van der Waals surface area contributed by atoms with Crippen LogP contribution >= 0.6 is 0 Å². The number of ether oxygens (including phenoxy) is 3. The molecule has 5 nitrogen and oxygen atoms in total. The average Bonchev–Trinajstić information content (AvgIpc) is 2.46. The van der Waals surface area contributed by atoms with E-state index in [4.69, 9.17) is 14.2 Å². The summed E-state index contributed by atoms with van der Waals surface area (Å²) in [5.41, 5.74) is 0. The fraction of sp³-hybridized carbons (Fsp3) is 1.00. The van der Waals surface area contributed by atoms with Crippen LogP contribution in [-0.2, 0) is 14.2 Å². The molecule has 2 saturated heterocycles. The van der Waals surface area contributed by atoms with E-state index in [1.807, 2.05) is 0 Å². The van der Waals surface area contributed by atoms with Crippen molar-refractivity contribution in [1.29, 1.82) is 0 Å². The number of rotatable bonds is 1. The molecule has 0 amide bonds. The molecule has 2 aliphatic rings. The van der Waals surface area contributed by atoms with Crippen LogP contribution in [0.4, 0.5) is 0 Å². The van der Waals surface area contributed by atoms with Crippen molar-refractivity contribution in [2.75, 3.05) is 0 Å². The van der Waals surface area contributed by atoms with Crippen LogP contribution in [0.2, 0.25) is 0 Å². The number of aliphatic hydroxyl groups excluding tert-OH is 2. The SMILES string of the molecule is C[C@@H](O)[C@H]1O[C@@H]2OC(C)(C)O[C@@H]2[C@H]1O. The standard InChI is InChI=1S/C9H16O5/c1-4(10)6-5(11)7-8(12-6)14-9(2,3)13-7/h4-8,10-11H,1-3H3/t4-,5+,6-,7-,8-/m1/s1. The van der Waals surface area contributed by atoms with Crippen molar-refractivity contribution in [2.45, 2.75) is 57.3 Å². The van der Waals surface area contributed by atoms with E-state index in [1.54, 1.807) is 20.8 Å². The minimum Gasteiger partial charge on any atom is -0.391 e. The molecule has 0 unspecified atom stereocenters. The van der Waals surface area contributed by atoms with Crippen molar-refractivity contribution in [1.82, 2.24) is 0 Å². The second-order valence-corrected chi connectivity index (χ2v) is 4.30. The van der Waals surface area contributed by atoms with Gasteiger partial charge in [-0.05, 0) is 20.8 Å². The van der Waals surface area contributed by atoms with Gasteiger partial charge in [0.1, 0.15) is 18.3 Å². The summed E-state index contributed by atoms with van der Waals surface area (Å²) >= 11 is 0. The Morgan fingerprint density at radius 2 is 1.93 bits per heavy atom. The van der Waals surface area contributed by atoms with Crippen LogP contribution in [-0.4, -0.2) is 46.7 Å². The molecule has 0 aromatic carbocycles. The van der Waals surface area contributed by atoms with Crippen LogP contribution in [0.1, 0.15) is 20.8 Å². The zero-order valence-corrected chi connectivity index (χ0v) is 8.51. The maximum absolute atomic E-state index is 9.77. The summed E-state index contributed by atoms with van der Waals surface area (Å²) in [5, 5.41) is 19.1. The van der Waals surface area contributed by atoms with Crippen LogP contribution in [0.25, 0.3) is 0 Å². The second kappa shape index (κ2) is 3.15. The van der Waals surface area contributed by atoms with Gasteiger partial charge in [0.15, 0.2) is 12.1 Å². The Morgan fingerprint density at radius 3 is 2.43 bits per heavy atom. The van der Waals surface area contributed by atoms with Gasteiger partial charge < -0.3 is 24.4 Å². The van der Waals surface area contributed by atoms with Gasteiger partial charge in [-0.25, -0.2) is 0 Å². The van der Waals surface area contributed by atoms with Gasteiger partial charge >= 0.3 is 0 Å². The molecule has 0 radical (unpaired) electrons. The summed E-state index contributed by atoms with van der Waals surface area (Å²) in [6.45, 7) is 5.09. The Balaban J connectivity index is 2.08. The highest BCUT2D eigenvalue weighted by atomic mass is 16.8. The van der Waals surface area contributed by atoms with Crippen molar-refractivity contribution in [2.24, 2.45) is 0 Å². The predicted molar refractivity (Wildman–Crippen MR) is 46.4 cm³/mol. The van der Waals surface area contributed by atoms with Crippen LogP contribution in [0.5, 0.6) is 0 Å². The van der Waals surface area contributed by atoms with E-state index in [2.05, 4.69) is 0 Å². The summed E-state index contributed by atoms with van der Waals surface area (Å²) < 4.78 is 16.2. The van der Waals surface area contributed by atoms with E-state index >= 15 is 0 Å². The molecule has 0 aliphatic carbocycles. The zero-order valence-electron chi connectivity index (χ0n) is 8.51. The Kier molecular flexibility index (Phi) is 2.32. The van der Waals surface area contributed by atoms with Gasteiger partial charge in [0.2, 0.25) is 0 Å². The monoisotopic (exact) mass is 204 g/mol. The Morgan fingerprint density at radius 1 is 1.29 bits per heavy atom. The second-order valence-electron chi connectivity index (χ2n) is 4.30. The van der Waals surface area contributed by atoms with Crippen molar-refractivity contribution in [3.63, 3.8) is 0 Å². The highest BCUT2D eigenvalue weighted by Gasteiger charge is 2.55. The van der Waals surface area contributed by atoms with Crippen molar-refractivity contribution in [3.05, 3.63) is 0 Å². The van der Waals surface area contributed by atoms with Gasteiger partial charge in [-0.2, -0.15) is 0 Å². The number of hydrogen-bond acceptors (Lipinski definition) is 5. The Labute approximate surface area is 82.6 Å². The summed E-state index contributed by atoms with van der Waals surface area (Å²) in [6.07, 6.45) is -3.25. The molecule has 2 heterocycles. The van der Waals surface area contributed by atoms with Gasteiger partial charge in [0, 0.05) is 0 Å². The topological polar surface area (TPSA) is 68.2 Å². The molecule has 0 aromatic rings. The van der Waals surface area contributed by atoms with Gasteiger partial charge in [-0.3, -0.25) is 0 Å². The number of fused-ring (bicyclic) bond motifs is 1. The third kappa shape index (κ3) is 1.55. The van der Waals surface area contributed by atoms with E-state index in [-0.39, 0.29) is 0 Å². The molecule has 2 N–H and O–H groups in total. The van der Waals surface area contributed by atoms with E-state index in [0.717, 1.165) is 0 Å². The van der Waals surface area contributed by atoms with Gasteiger partial charge in [-0.15, -0.1) is 0 Å². The molecule has 0 bridgehead atoms. The molecule has 0 spiro atoms. The highest BCUT2D eigenvalue weighted by molar-refractivity contribution is 4.94. The third-order valence-electron chi connectivity index (χ3n) is 2.53. The quantitative estimate of drug-likeness (QED) is 0.608. The normalized spacial score (nSPS) is 47.8. The van der Waals surface area contributed by atoms with Crippen LogP contribution < -0.4 is 0 Å². The van der Waals surface area contributed by atoms with Crippen LogP contribution in [0.15, 0.2) is 0 Å². The first-order valence-corrected chi connectivity index (χ1v) is 4.78. The minimum atomic E-state index is -0.832. The first kappa shape index (κ1) is 10.3. The lowest BCUT2D eigenvalue weighted by molar-refractivity contribution is -0.224. The molecular formula is C9H16O5. The summed E-state index contributed by atoms with van der Waals surface area (Å²) in [4.78, 5) is 0. The summed E-state index contributed by atoms with van der Waals surface area (Å²) in [5.74, 6) is -0.722. The first-order chi connectivity index (χ1) is 6.41. The molecule has 2 fully saturated rings. The molecule has 14 heavy (non-hydrogen) atoms. The number of hydrogen-bond donors (Lipinski definition) is 2. The Bertz CT molecular complexity index is 225. The van der Waals surface area contributed by atoms with E-state index in [0.29, 0.717) is 0 Å². The molecule has 82 valence electrons. The van der Waals surface area contributed by atoms with E-state index in [9.17, 15) is 10.2 Å². The van der Waals surface area contributed by atoms with Gasteiger partial charge in [0.05, 0.1) is 6.10 Å². The lowest BCUT2D eigenvalue weighted by Crippen LogP contribution is -2.39. The molecule has 0 aromatic heterocycles. The predicted octanol–water partition coefficient (Wildman–Crippen LogP) is -0.396. The van der Waals surface area contributed by atoms with Crippen molar-refractivity contribution < 1.29 is 24.4 Å². The fourth-order valence-electron chi connectivity index (χ4n) is 1.92. The van der Waals surface area contributed by atoms with Gasteiger partial charge in [0.25, 0.3) is 0 Å². The molecule has 2 rings (SSSR count). The third-order valence-corrected chi connectivity index (χ3v) is 2.53. The minimum absolute atomic E-state index is 0.496. The molecular weight excluding hydrogens is 188 g/mol. The molecule has 5 atom stereocenters. The zero-order chi connectivity index (χ0) is 10.5. The lowest BCUT2D eigenvalue weighted by Gasteiger charge is -2.24. The summed E-state index contributed by atoms with van der Waals surface area (Å²) in [7, 11) is 0. The van der Waals surface area contributed by atoms with E-state index in [1.165, 1.54) is 0 Å². The largest absolute Gasteiger partial charge is 0.391 e. The van der Waals surface area contributed by atoms with Crippen LogP contribution in [0.3, 0.4) is 0 Å². The van der Waals surface area contributed by atoms with Crippen molar-refractivity contribution >= 4 is 0 Å². The summed E-state index contributed by atoms with van der Waals surface area (Å²) in [6, 6.07) is 0. The smallest absolute Gasteiger partial charge is 0.190 e. The van der Waals surface area contributed by atoms with Crippen LogP contribution in [0, 0.1) is 0 Å². The fourth-order valence-corrected chi connectivity index (χ4v) is 1.92. The average molecular weight is 204 g/mol. The number of aliphatic hydroxyl groups is 2. The van der Waals surface area contributed by atoms with Gasteiger partial charge in [-0.1, -0.05) is 0 Å². The van der Waals surface area contributed by atoms with Crippen molar-refractivity contribution in [3.8, 4) is 0 Å². The maximum Gasteiger partial charge on any atom is 0.190 e. The van der Waals surface area contributed by atoms with E-state index < -0.39 is 36.5 Å². The first-order valence-electron chi connectivity index (χ1n) is 4.78. The lowest BCUT2D eigenvalue weighted by atomic mass is 10.1.